The second-order valence-electron chi connectivity index (χ2n) is 4.32. The molecule has 3 aromatic rings. The summed E-state index contributed by atoms with van der Waals surface area (Å²) in [7, 11) is 0. The van der Waals surface area contributed by atoms with E-state index >= 15 is 0 Å². The topological polar surface area (TPSA) is 28.7 Å². The number of nitrogens with zero attached hydrogens (tertiary/aromatic N) is 1. The molecule has 1 aromatic heterocycles. The predicted molar refractivity (Wildman–Crippen MR) is 77.1 cm³/mol. The zero-order valence-electron chi connectivity index (χ0n) is 9.97. The first-order valence-electron chi connectivity index (χ1n) is 5.80. The number of aromatic amines is 1. The smallest absolute Gasteiger partial charge is 0.127 e. The van der Waals surface area contributed by atoms with Gasteiger partial charge in [-0.2, -0.15) is 5.10 Å². The summed E-state index contributed by atoms with van der Waals surface area (Å²) >= 11 is 5.27. The van der Waals surface area contributed by atoms with E-state index in [-0.39, 0.29) is 0 Å². The monoisotopic (exact) mass is 252 g/mol. The quantitative estimate of drug-likeness (QED) is 0.655. The molecule has 1 heterocycles. The number of fused-ring (bicyclic) bond motifs is 1. The maximum Gasteiger partial charge on any atom is 0.127 e. The van der Waals surface area contributed by atoms with Crippen LogP contribution in [0.1, 0.15) is 5.56 Å². The third-order valence-electron chi connectivity index (χ3n) is 2.99. The molecule has 0 aliphatic carbocycles. The predicted octanol–water partition coefficient (Wildman–Crippen LogP) is 4.27. The van der Waals surface area contributed by atoms with E-state index in [9.17, 15) is 0 Å². The molecule has 0 bridgehead atoms. The van der Waals surface area contributed by atoms with E-state index in [0.29, 0.717) is 4.64 Å². The summed E-state index contributed by atoms with van der Waals surface area (Å²) in [6.07, 6.45) is 0. The molecule has 2 aromatic carbocycles. The molecule has 0 aliphatic rings. The lowest BCUT2D eigenvalue weighted by atomic mass is 10.0. The van der Waals surface area contributed by atoms with E-state index in [4.69, 9.17) is 12.2 Å². The number of benzene rings is 2. The minimum absolute atomic E-state index is 0.682. The van der Waals surface area contributed by atoms with Gasteiger partial charge in [-0.15, -0.1) is 0 Å². The van der Waals surface area contributed by atoms with Crippen molar-refractivity contribution in [1.29, 1.82) is 0 Å². The third kappa shape index (κ3) is 1.83. The van der Waals surface area contributed by atoms with Crippen LogP contribution in [0.25, 0.3) is 22.0 Å². The highest BCUT2D eigenvalue weighted by molar-refractivity contribution is 7.71. The summed E-state index contributed by atoms with van der Waals surface area (Å²) in [5, 5.41) is 9.44. The average molecular weight is 252 g/mol. The van der Waals surface area contributed by atoms with Crippen LogP contribution in [0, 0.1) is 11.6 Å². The molecule has 0 amide bonds. The standard InChI is InChI=1S/C15H12N2S/c1-10-5-4-6-11(9-10)14-12-7-2-3-8-13(12)15(18)17-16-14/h2-9H,1H3,(H,17,18). The van der Waals surface area contributed by atoms with E-state index in [1.54, 1.807) is 0 Å². The zero-order valence-corrected chi connectivity index (χ0v) is 10.8. The van der Waals surface area contributed by atoms with Crippen molar-refractivity contribution in [1.82, 2.24) is 10.2 Å². The molecule has 0 spiro atoms. The molecule has 3 rings (SSSR count). The largest absolute Gasteiger partial charge is 0.267 e. The first-order valence-corrected chi connectivity index (χ1v) is 6.21. The zero-order chi connectivity index (χ0) is 12.5. The van der Waals surface area contributed by atoms with E-state index < -0.39 is 0 Å². The maximum atomic E-state index is 5.27. The van der Waals surface area contributed by atoms with Crippen molar-refractivity contribution >= 4 is 23.0 Å². The Kier molecular flexibility index (Phi) is 2.68. The van der Waals surface area contributed by atoms with Crippen LogP contribution in [0.2, 0.25) is 0 Å². The number of aromatic nitrogens is 2. The number of hydrogen-bond donors (Lipinski definition) is 1. The second kappa shape index (κ2) is 4.35. The lowest BCUT2D eigenvalue weighted by molar-refractivity contribution is 1.04. The van der Waals surface area contributed by atoms with Crippen molar-refractivity contribution in [2.24, 2.45) is 0 Å². The molecule has 18 heavy (non-hydrogen) atoms. The molecule has 0 unspecified atom stereocenters. The van der Waals surface area contributed by atoms with Crippen molar-refractivity contribution in [3.63, 3.8) is 0 Å². The van der Waals surface area contributed by atoms with Gasteiger partial charge in [-0.25, -0.2) is 0 Å². The Morgan fingerprint density at radius 3 is 2.56 bits per heavy atom. The van der Waals surface area contributed by atoms with Gasteiger partial charge < -0.3 is 0 Å². The Morgan fingerprint density at radius 1 is 1.00 bits per heavy atom. The fraction of sp³-hybridized carbons (Fsp3) is 0.0667. The molecular weight excluding hydrogens is 240 g/mol. The van der Waals surface area contributed by atoms with Crippen molar-refractivity contribution in [2.45, 2.75) is 6.92 Å². The summed E-state index contributed by atoms with van der Waals surface area (Å²) in [4.78, 5) is 0. The van der Waals surface area contributed by atoms with E-state index in [2.05, 4.69) is 41.4 Å². The van der Waals surface area contributed by atoms with Crippen molar-refractivity contribution in [2.75, 3.05) is 0 Å². The fourth-order valence-electron chi connectivity index (χ4n) is 2.13. The van der Waals surface area contributed by atoms with Gasteiger partial charge in [-0.1, -0.05) is 60.2 Å². The van der Waals surface area contributed by atoms with Gasteiger partial charge >= 0.3 is 0 Å². The summed E-state index contributed by atoms with van der Waals surface area (Å²) in [6.45, 7) is 2.08. The third-order valence-corrected chi connectivity index (χ3v) is 3.30. The Hall–Kier alpha value is -2.00. The van der Waals surface area contributed by atoms with E-state index in [0.717, 1.165) is 22.0 Å². The lowest BCUT2D eigenvalue weighted by Crippen LogP contribution is -1.91. The van der Waals surface area contributed by atoms with Crippen molar-refractivity contribution < 1.29 is 0 Å². The second-order valence-corrected chi connectivity index (χ2v) is 4.72. The molecule has 0 radical (unpaired) electrons. The Bertz CT molecular complexity index is 775. The molecule has 1 N–H and O–H groups in total. The average Bonchev–Trinajstić information content (AvgIpc) is 2.39. The van der Waals surface area contributed by atoms with Crippen LogP contribution >= 0.6 is 12.2 Å². The summed E-state index contributed by atoms with van der Waals surface area (Å²) in [5.74, 6) is 0. The molecule has 0 saturated carbocycles. The molecule has 0 fully saturated rings. The van der Waals surface area contributed by atoms with Gasteiger partial charge in [0.15, 0.2) is 0 Å². The number of aryl methyl sites for hydroxylation is 1. The van der Waals surface area contributed by atoms with Gasteiger partial charge in [0, 0.05) is 16.3 Å². The molecular formula is C15H12N2S. The maximum absolute atomic E-state index is 5.27. The van der Waals surface area contributed by atoms with Crippen molar-refractivity contribution in [3.8, 4) is 11.3 Å². The first-order chi connectivity index (χ1) is 8.75. The van der Waals surface area contributed by atoms with Gasteiger partial charge in [-0.05, 0) is 13.0 Å². The lowest BCUT2D eigenvalue weighted by Gasteiger charge is -2.06. The van der Waals surface area contributed by atoms with E-state index in [1.165, 1.54) is 5.56 Å². The Morgan fingerprint density at radius 2 is 1.78 bits per heavy atom. The molecule has 88 valence electrons. The normalized spacial score (nSPS) is 10.7. The number of rotatable bonds is 1. The number of H-pyrrole nitrogens is 1. The molecule has 3 heteroatoms. The number of hydrogen-bond acceptors (Lipinski definition) is 2. The summed E-state index contributed by atoms with van der Waals surface area (Å²) in [6, 6.07) is 16.4. The highest BCUT2D eigenvalue weighted by Crippen LogP contribution is 2.26. The number of nitrogens with one attached hydrogen (secondary N) is 1. The van der Waals surface area contributed by atoms with Crippen LogP contribution in [0.4, 0.5) is 0 Å². The minimum Gasteiger partial charge on any atom is -0.267 e. The molecule has 0 saturated heterocycles. The molecule has 0 aliphatic heterocycles. The fourth-order valence-corrected chi connectivity index (χ4v) is 2.35. The van der Waals surface area contributed by atoms with Crippen LogP contribution in [0.15, 0.2) is 48.5 Å². The van der Waals surface area contributed by atoms with Crippen molar-refractivity contribution in [3.05, 3.63) is 58.7 Å². The van der Waals surface area contributed by atoms with Crippen LogP contribution in [0.3, 0.4) is 0 Å². The van der Waals surface area contributed by atoms with Gasteiger partial charge in [0.05, 0.1) is 5.69 Å². The summed E-state index contributed by atoms with van der Waals surface area (Å²) < 4.78 is 0.682. The highest BCUT2D eigenvalue weighted by Gasteiger charge is 2.06. The Labute approximate surface area is 110 Å². The van der Waals surface area contributed by atoms with E-state index in [1.807, 2.05) is 24.3 Å². The van der Waals surface area contributed by atoms with Crippen LogP contribution in [-0.4, -0.2) is 10.2 Å². The molecule has 2 nitrogen and oxygen atoms in total. The van der Waals surface area contributed by atoms with Gasteiger partial charge in [0.25, 0.3) is 0 Å². The van der Waals surface area contributed by atoms with Gasteiger partial charge in [0.1, 0.15) is 4.64 Å². The first kappa shape index (κ1) is 11.1. The van der Waals surface area contributed by atoms with Crippen LogP contribution in [0.5, 0.6) is 0 Å². The Balaban J connectivity index is 2.37. The SMILES string of the molecule is Cc1cccc(-c2n[nH]c(=S)c3ccccc23)c1. The van der Waals surface area contributed by atoms with Gasteiger partial charge in [-0.3, -0.25) is 5.10 Å². The van der Waals surface area contributed by atoms with Crippen LogP contribution < -0.4 is 0 Å². The highest BCUT2D eigenvalue weighted by atomic mass is 32.1. The summed E-state index contributed by atoms with van der Waals surface area (Å²) in [5.41, 5.74) is 3.28. The molecule has 0 atom stereocenters. The van der Waals surface area contributed by atoms with Crippen LogP contribution in [-0.2, 0) is 0 Å². The minimum atomic E-state index is 0.682. The van der Waals surface area contributed by atoms with Gasteiger partial charge in [0.2, 0.25) is 0 Å².